The molecule has 1 amide bonds. The summed E-state index contributed by atoms with van der Waals surface area (Å²) in [4.78, 5) is 12.4. The summed E-state index contributed by atoms with van der Waals surface area (Å²) in [6.45, 7) is 4.22. The molecule has 25 heavy (non-hydrogen) atoms. The smallest absolute Gasteiger partial charge is 0.272 e. The van der Waals surface area contributed by atoms with Gasteiger partial charge in [0.25, 0.3) is 5.91 Å². The largest absolute Gasteiger partial charge is 0.493 e. The molecule has 0 aliphatic carbocycles. The zero-order valence-electron chi connectivity index (χ0n) is 14.2. The fourth-order valence-corrected chi connectivity index (χ4v) is 3.13. The molecule has 0 saturated carbocycles. The summed E-state index contributed by atoms with van der Waals surface area (Å²) in [6.07, 6.45) is 0.849. The molecule has 1 aliphatic heterocycles. The molecule has 0 spiro atoms. The molecule has 2 heterocycles. The van der Waals surface area contributed by atoms with Crippen LogP contribution in [0.4, 0.5) is 0 Å². The maximum Gasteiger partial charge on any atom is 0.272 e. The van der Waals surface area contributed by atoms with Crippen LogP contribution in [0, 0.1) is 0 Å². The first-order chi connectivity index (χ1) is 12.1. The molecule has 0 bridgehead atoms. The van der Waals surface area contributed by atoms with E-state index in [1.807, 2.05) is 6.92 Å². The topological polar surface area (TPSA) is 88.3 Å². The SMILES string of the molecule is CCOc1c(Cl)cc(CNC(=O)c2n[nH]c3c2CNCC3)cc1OC. The zero-order valence-corrected chi connectivity index (χ0v) is 15.0. The number of halogens is 1. The van der Waals surface area contributed by atoms with Crippen LogP contribution in [-0.2, 0) is 19.5 Å². The third-order valence-corrected chi connectivity index (χ3v) is 4.33. The van der Waals surface area contributed by atoms with Gasteiger partial charge in [-0.15, -0.1) is 0 Å². The molecular weight excluding hydrogens is 344 g/mol. The lowest BCUT2D eigenvalue weighted by Gasteiger charge is -2.14. The Bertz CT molecular complexity index is 775. The fraction of sp³-hybridized carbons (Fsp3) is 0.412. The van der Waals surface area contributed by atoms with Gasteiger partial charge in [-0.2, -0.15) is 5.10 Å². The molecule has 1 aliphatic rings. The number of hydrogen-bond acceptors (Lipinski definition) is 5. The van der Waals surface area contributed by atoms with Gasteiger partial charge in [0.15, 0.2) is 17.2 Å². The van der Waals surface area contributed by atoms with Crippen molar-refractivity contribution in [3.8, 4) is 11.5 Å². The summed E-state index contributed by atoms with van der Waals surface area (Å²) >= 11 is 6.26. The lowest BCUT2D eigenvalue weighted by Crippen LogP contribution is -2.28. The summed E-state index contributed by atoms with van der Waals surface area (Å²) in [6, 6.07) is 3.57. The van der Waals surface area contributed by atoms with Crippen LogP contribution >= 0.6 is 11.6 Å². The highest BCUT2D eigenvalue weighted by atomic mass is 35.5. The van der Waals surface area contributed by atoms with Crippen molar-refractivity contribution in [3.05, 3.63) is 39.7 Å². The number of benzene rings is 1. The van der Waals surface area contributed by atoms with Gasteiger partial charge in [0.05, 0.1) is 18.7 Å². The first kappa shape index (κ1) is 17.6. The molecule has 0 saturated heterocycles. The van der Waals surface area contributed by atoms with Crippen molar-refractivity contribution in [2.75, 3.05) is 20.3 Å². The quantitative estimate of drug-likeness (QED) is 0.730. The van der Waals surface area contributed by atoms with Crippen LogP contribution in [0.5, 0.6) is 11.5 Å². The standard InChI is InChI=1S/C17H21ClN4O3/c1-3-25-16-12(18)6-10(7-14(16)24-2)8-20-17(23)15-11-9-19-5-4-13(11)21-22-15/h6-7,19H,3-5,8-9H2,1-2H3,(H,20,23)(H,21,22). The van der Waals surface area contributed by atoms with E-state index >= 15 is 0 Å². The summed E-state index contributed by atoms with van der Waals surface area (Å²) in [7, 11) is 1.56. The van der Waals surface area contributed by atoms with Gasteiger partial charge in [0, 0.05) is 37.3 Å². The summed E-state index contributed by atoms with van der Waals surface area (Å²) in [5.74, 6) is 0.833. The number of nitrogens with zero attached hydrogens (tertiary/aromatic N) is 1. The summed E-state index contributed by atoms with van der Waals surface area (Å²) < 4.78 is 10.8. The molecule has 0 fully saturated rings. The monoisotopic (exact) mass is 364 g/mol. The first-order valence-corrected chi connectivity index (χ1v) is 8.56. The third-order valence-electron chi connectivity index (χ3n) is 4.05. The van der Waals surface area contributed by atoms with Crippen molar-refractivity contribution in [2.24, 2.45) is 0 Å². The van der Waals surface area contributed by atoms with Gasteiger partial charge in [-0.3, -0.25) is 9.89 Å². The molecule has 134 valence electrons. The molecule has 2 aromatic rings. The average molecular weight is 365 g/mol. The third kappa shape index (κ3) is 3.72. The molecule has 1 aromatic carbocycles. The second-order valence-electron chi connectivity index (χ2n) is 5.68. The number of methoxy groups -OCH3 is 1. The van der Waals surface area contributed by atoms with Crippen LogP contribution in [0.15, 0.2) is 12.1 Å². The van der Waals surface area contributed by atoms with E-state index in [2.05, 4.69) is 20.8 Å². The van der Waals surface area contributed by atoms with Crippen molar-refractivity contribution in [1.82, 2.24) is 20.8 Å². The maximum atomic E-state index is 12.4. The van der Waals surface area contributed by atoms with E-state index in [0.29, 0.717) is 41.9 Å². The number of amides is 1. The molecule has 3 N–H and O–H groups in total. The normalized spacial score (nSPS) is 13.2. The molecule has 0 unspecified atom stereocenters. The first-order valence-electron chi connectivity index (χ1n) is 8.18. The highest BCUT2D eigenvalue weighted by molar-refractivity contribution is 6.32. The van der Waals surface area contributed by atoms with Crippen molar-refractivity contribution < 1.29 is 14.3 Å². The molecule has 7 nitrogen and oxygen atoms in total. The predicted molar refractivity (Wildman–Crippen MR) is 94.3 cm³/mol. The Morgan fingerprint density at radius 1 is 1.44 bits per heavy atom. The zero-order chi connectivity index (χ0) is 17.8. The number of hydrogen-bond donors (Lipinski definition) is 3. The van der Waals surface area contributed by atoms with Crippen LogP contribution in [0.2, 0.25) is 5.02 Å². The highest BCUT2D eigenvalue weighted by Crippen LogP contribution is 2.36. The molecule has 1 aromatic heterocycles. The van der Waals surface area contributed by atoms with Gasteiger partial charge in [-0.1, -0.05) is 11.6 Å². The fourth-order valence-electron chi connectivity index (χ4n) is 2.84. The summed E-state index contributed by atoms with van der Waals surface area (Å²) in [5, 5.41) is 13.7. The van der Waals surface area contributed by atoms with Gasteiger partial charge < -0.3 is 20.1 Å². The summed E-state index contributed by atoms with van der Waals surface area (Å²) in [5.41, 5.74) is 3.22. The molecule has 8 heteroatoms. The molecule has 0 atom stereocenters. The lowest BCUT2D eigenvalue weighted by atomic mass is 10.1. The van der Waals surface area contributed by atoms with Crippen molar-refractivity contribution in [2.45, 2.75) is 26.4 Å². The molecular formula is C17H21ClN4O3. The molecule has 0 radical (unpaired) electrons. The van der Waals surface area contributed by atoms with E-state index in [-0.39, 0.29) is 5.91 Å². The number of nitrogens with one attached hydrogen (secondary N) is 3. The minimum atomic E-state index is -0.217. The van der Waals surface area contributed by atoms with Crippen molar-refractivity contribution >= 4 is 17.5 Å². The Morgan fingerprint density at radius 2 is 2.28 bits per heavy atom. The number of carbonyl (C=O) groups is 1. The Labute approximate surface area is 151 Å². The number of aromatic nitrogens is 2. The van der Waals surface area contributed by atoms with Crippen molar-refractivity contribution in [3.63, 3.8) is 0 Å². The maximum absolute atomic E-state index is 12.4. The van der Waals surface area contributed by atoms with Crippen molar-refractivity contribution in [1.29, 1.82) is 0 Å². The second kappa shape index (κ2) is 7.76. The van der Waals surface area contributed by atoms with E-state index in [1.165, 1.54) is 0 Å². The van der Waals surface area contributed by atoms with E-state index in [9.17, 15) is 4.79 Å². The highest BCUT2D eigenvalue weighted by Gasteiger charge is 2.21. The number of H-pyrrole nitrogens is 1. The van der Waals surface area contributed by atoms with Gasteiger partial charge in [0.1, 0.15) is 0 Å². The Morgan fingerprint density at radius 3 is 3.04 bits per heavy atom. The minimum Gasteiger partial charge on any atom is -0.493 e. The predicted octanol–water partition coefficient (Wildman–Crippen LogP) is 2.05. The van der Waals surface area contributed by atoms with Gasteiger partial charge in [0.2, 0.25) is 0 Å². The van der Waals surface area contributed by atoms with E-state index in [0.717, 1.165) is 29.8 Å². The second-order valence-corrected chi connectivity index (χ2v) is 6.09. The van der Waals surface area contributed by atoms with Crippen LogP contribution in [0.25, 0.3) is 0 Å². The van der Waals surface area contributed by atoms with Crippen LogP contribution in [-0.4, -0.2) is 36.4 Å². The number of aromatic amines is 1. The number of rotatable bonds is 6. The van der Waals surface area contributed by atoms with Crippen LogP contribution in [0.1, 0.15) is 34.2 Å². The molecule has 3 rings (SSSR count). The number of ether oxygens (including phenoxy) is 2. The van der Waals surface area contributed by atoms with E-state index in [4.69, 9.17) is 21.1 Å². The van der Waals surface area contributed by atoms with Gasteiger partial charge in [-0.25, -0.2) is 0 Å². The van der Waals surface area contributed by atoms with Crippen LogP contribution < -0.4 is 20.1 Å². The van der Waals surface area contributed by atoms with Gasteiger partial charge in [-0.05, 0) is 24.6 Å². The Hall–Kier alpha value is -2.25. The average Bonchev–Trinajstić information content (AvgIpc) is 3.05. The number of fused-ring (bicyclic) bond motifs is 1. The minimum absolute atomic E-state index is 0.217. The lowest BCUT2D eigenvalue weighted by molar-refractivity contribution is 0.0944. The van der Waals surface area contributed by atoms with Gasteiger partial charge >= 0.3 is 0 Å². The Kier molecular flexibility index (Phi) is 5.45. The van der Waals surface area contributed by atoms with E-state index < -0.39 is 0 Å². The Balaban J connectivity index is 1.72. The van der Waals surface area contributed by atoms with E-state index in [1.54, 1.807) is 19.2 Å². The van der Waals surface area contributed by atoms with Crippen LogP contribution in [0.3, 0.4) is 0 Å². The number of carbonyl (C=O) groups excluding carboxylic acids is 1.